The molecule has 3 rings (SSSR count). The number of hydrogen-bond donors (Lipinski definition) is 0. The van der Waals surface area contributed by atoms with Crippen molar-refractivity contribution in [3.8, 4) is 0 Å². The molecule has 0 N–H and O–H groups in total. The maximum Gasteiger partial charge on any atom is 0.135 e. The van der Waals surface area contributed by atoms with Gasteiger partial charge in [0, 0.05) is 57.3 Å². The van der Waals surface area contributed by atoms with Crippen molar-refractivity contribution in [2.75, 3.05) is 39.7 Å². The van der Waals surface area contributed by atoms with Gasteiger partial charge in [0.2, 0.25) is 0 Å². The molecule has 1 aromatic carbocycles. The summed E-state index contributed by atoms with van der Waals surface area (Å²) in [7, 11) is 8.10. The molecule has 44 heavy (non-hydrogen) atoms. The molecule has 0 bridgehead atoms. The third-order valence-electron chi connectivity index (χ3n) is 6.59. The van der Waals surface area contributed by atoms with Gasteiger partial charge >= 0.3 is 0 Å². The number of fused-ring (bicyclic) bond motifs is 3. The van der Waals surface area contributed by atoms with Crippen LogP contribution in [-0.4, -0.2) is 67.7 Å². The number of aromatic nitrogens is 2. The number of thioether (sulfide) groups is 2. The zero-order valence-corrected chi connectivity index (χ0v) is 32.6. The molecule has 8 heteroatoms. The number of aryl methyl sites for hydroxylation is 1. The number of unbranched alkanes of at least 4 members (excludes halogenated alkanes) is 4. The zero-order chi connectivity index (χ0) is 33.1. The molecule has 3 aromatic rings. The van der Waals surface area contributed by atoms with Gasteiger partial charge in [0.05, 0.1) is 16.6 Å². The maximum atomic E-state index is 5.43. The maximum absolute atomic E-state index is 5.43. The van der Waals surface area contributed by atoms with Crippen molar-refractivity contribution in [2.24, 2.45) is 5.92 Å². The first-order valence-electron chi connectivity index (χ1n) is 16.5. The number of pyridine rings is 1. The fraction of sp³-hybridized carbons (Fsp3) is 0.639. The van der Waals surface area contributed by atoms with Gasteiger partial charge in [-0.3, -0.25) is 4.98 Å². The standard InChI is InChI=1S/C29H42N4S4.C4H10.C3H8/c1-22-20-26-27(30-21-22)24-16-10-11-17-25(24)33(26)23(14-8-6-12-18-36-28(34)31(2)3)15-9-7-13-19-37-29(35)32(4)5;1-4(2)3;1-3-2/h10-11,16-17,20-21,23H,6-9,12-15,18-19H2,1-5H3;4H,1-3H3;3H2,1-2H3. The van der Waals surface area contributed by atoms with E-state index in [1.807, 2.05) is 44.2 Å². The molecule has 0 atom stereocenters. The summed E-state index contributed by atoms with van der Waals surface area (Å²) < 4.78 is 4.57. The molecular weight excluding hydrogens is 617 g/mol. The van der Waals surface area contributed by atoms with E-state index in [0.717, 1.165) is 31.6 Å². The van der Waals surface area contributed by atoms with Gasteiger partial charge in [-0.1, -0.05) is 133 Å². The smallest absolute Gasteiger partial charge is 0.135 e. The Morgan fingerprint density at radius 3 is 1.75 bits per heavy atom. The molecule has 0 aliphatic carbocycles. The Bertz CT molecular complexity index is 1200. The van der Waals surface area contributed by atoms with Gasteiger partial charge in [-0.15, -0.1) is 0 Å². The van der Waals surface area contributed by atoms with Gasteiger partial charge < -0.3 is 14.4 Å². The van der Waals surface area contributed by atoms with Crippen LogP contribution in [0.15, 0.2) is 36.5 Å². The molecule has 0 amide bonds. The fourth-order valence-electron chi connectivity index (χ4n) is 4.65. The highest BCUT2D eigenvalue weighted by Crippen LogP contribution is 2.35. The Balaban J connectivity index is 0.00000125. The van der Waals surface area contributed by atoms with Crippen LogP contribution in [0.5, 0.6) is 0 Å². The van der Waals surface area contributed by atoms with E-state index in [1.54, 1.807) is 23.5 Å². The van der Waals surface area contributed by atoms with Crippen LogP contribution in [0.25, 0.3) is 21.9 Å². The highest BCUT2D eigenvalue weighted by atomic mass is 32.2. The van der Waals surface area contributed by atoms with E-state index in [-0.39, 0.29) is 0 Å². The van der Waals surface area contributed by atoms with Crippen molar-refractivity contribution >= 4 is 78.5 Å². The second kappa shape index (κ2) is 23.0. The van der Waals surface area contributed by atoms with Crippen LogP contribution in [0.3, 0.4) is 0 Å². The predicted octanol–water partition coefficient (Wildman–Crippen LogP) is 11.4. The first kappa shape index (κ1) is 40.7. The molecule has 0 radical (unpaired) electrons. The average molecular weight is 677 g/mol. The number of rotatable bonds is 13. The minimum atomic E-state index is 0.483. The van der Waals surface area contributed by atoms with Crippen molar-refractivity contribution in [3.63, 3.8) is 0 Å². The summed E-state index contributed by atoms with van der Waals surface area (Å²) in [5.41, 5.74) is 4.95. The van der Waals surface area contributed by atoms with Gasteiger partial charge in [0.15, 0.2) is 0 Å². The van der Waals surface area contributed by atoms with Crippen LogP contribution in [0.1, 0.15) is 104 Å². The Labute approximate surface area is 289 Å². The molecule has 2 heterocycles. The van der Waals surface area contributed by atoms with Crippen molar-refractivity contribution in [1.29, 1.82) is 0 Å². The van der Waals surface area contributed by atoms with E-state index in [1.165, 1.54) is 79.8 Å². The second-order valence-electron chi connectivity index (χ2n) is 12.6. The van der Waals surface area contributed by atoms with Gasteiger partial charge in [-0.25, -0.2) is 0 Å². The minimum Gasteiger partial charge on any atom is -0.364 e. The third-order valence-corrected chi connectivity index (χ3v) is 10.2. The van der Waals surface area contributed by atoms with Crippen LogP contribution >= 0.6 is 48.0 Å². The topological polar surface area (TPSA) is 24.3 Å². The van der Waals surface area contributed by atoms with Crippen LogP contribution in [0.2, 0.25) is 0 Å². The SMILES string of the molecule is CC(C)C.CCC.Cc1cnc2c3ccccc3n(C(CCCCCSC(=S)N(C)C)CCCCCSC(=S)N(C)C)c2c1. The molecule has 0 saturated carbocycles. The number of benzene rings is 1. The average Bonchev–Trinajstić information content (AvgIpc) is 3.28. The largest absolute Gasteiger partial charge is 0.364 e. The number of para-hydroxylation sites is 1. The Hall–Kier alpha value is -1.35. The van der Waals surface area contributed by atoms with E-state index in [4.69, 9.17) is 29.4 Å². The lowest BCUT2D eigenvalue weighted by molar-refractivity contribution is 0.418. The molecule has 0 spiro atoms. The summed E-state index contributed by atoms with van der Waals surface area (Å²) in [5, 5.41) is 1.27. The van der Waals surface area contributed by atoms with Crippen molar-refractivity contribution in [3.05, 3.63) is 42.1 Å². The summed E-state index contributed by atoms with van der Waals surface area (Å²) >= 11 is 14.5. The normalized spacial score (nSPS) is 10.9. The zero-order valence-electron chi connectivity index (χ0n) is 29.3. The lowest BCUT2D eigenvalue weighted by Gasteiger charge is -2.22. The molecule has 0 unspecified atom stereocenters. The lowest BCUT2D eigenvalue weighted by Crippen LogP contribution is -2.16. The molecule has 0 saturated heterocycles. The molecule has 4 nitrogen and oxygen atoms in total. The monoisotopic (exact) mass is 676 g/mol. The van der Waals surface area contributed by atoms with E-state index < -0.39 is 0 Å². The number of hydrogen-bond acceptors (Lipinski definition) is 5. The predicted molar refractivity (Wildman–Crippen MR) is 212 cm³/mol. The first-order valence-corrected chi connectivity index (χ1v) is 19.3. The summed E-state index contributed by atoms with van der Waals surface area (Å²) in [4.78, 5) is 8.91. The van der Waals surface area contributed by atoms with Crippen LogP contribution < -0.4 is 0 Å². The summed E-state index contributed by atoms with van der Waals surface area (Å²) in [6, 6.07) is 11.6. The third kappa shape index (κ3) is 15.3. The first-order chi connectivity index (χ1) is 20.9. The second-order valence-corrected chi connectivity index (χ2v) is 16.0. The van der Waals surface area contributed by atoms with E-state index in [9.17, 15) is 0 Å². The summed E-state index contributed by atoms with van der Waals surface area (Å²) in [6.45, 7) is 12.9. The van der Waals surface area contributed by atoms with Crippen molar-refractivity contribution in [1.82, 2.24) is 19.4 Å². The number of thiocarbonyl (C=S) groups is 2. The summed E-state index contributed by atoms with van der Waals surface area (Å²) in [6.07, 6.45) is 13.0. The van der Waals surface area contributed by atoms with E-state index in [2.05, 4.69) is 76.4 Å². The Kier molecular flexibility index (Phi) is 21.3. The quantitative estimate of drug-likeness (QED) is 0.131. The van der Waals surface area contributed by atoms with E-state index in [0.29, 0.717) is 6.04 Å². The highest BCUT2D eigenvalue weighted by molar-refractivity contribution is 8.23. The lowest BCUT2D eigenvalue weighted by atomic mass is 10.0. The van der Waals surface area contributed by atoms with E-state index >= 15 is 0 Å². The molecular formula is C36H60N4S4. The molecule has 248 valence electrons. The molecule has 2 aromatic heterocycles. The van der Waals surface area contributed by atoms with Gasteiger partial charge in [-0.05, 0) is 56.2 Å². The molecule has 0 aliphatic rings. The highest BCUT2D eigenvalue weighted by Gasteiger charge is 2.19. The van der Waals surface area contributed by atoms with Crippen LogP contribution in [0.4, 0.5) is 0 Å². The fourth-order valence-corrected chi connectivity index (χ4v) is 6.71. The van der Waals surface area contributed by atoms with Gasteiger partial charge in [0.25, 0.3) is 0 Å². The van der Waals surface area contributed by atoms with Crippen LogP contribution in [0, 0.1) is 12.8 Å². The van der Waals surface area contributed by atoms with Crippen LogP contribution in [-0.2, 0) is 0 Å². The van der Waals surface area contributed by atoms with Crippen molar-refractivity contribution < 1.29 is 0 Å². The minimum absolute atomic E-state index is 0.483. The molecule has 0 fully saturated rings. The molecule has 0 aliphatic heterocycles. The van der Waals surface area contributed by atoms with Gasteiger partial charge in [-0.2, -0.15) is 0 Å². The Morgan fingerprint density at radius 2 is 1.27 bits per heavy atom. The van der Waals surface area contributed by atoms with Crippen molar-refractivity contribution in [2.45, 2.75) is 105 Å². The summed E-state index contributed by atoms with van der Waals surface area (Å²) in [5.74, 6) is 3.04. The Morgan fingerprint density at radius 1 is 0.795 bits per heavy atom. The van der Waals surface area contributed by atoms with Gasteiger partial charge in [0.1, 0.15) is 8.64 Å². The number of nitrogens with zero attached hydrogens (tertiary/aromatic N) is 4.